The zero-order chi connectivity index (χ0) is 27.7. The van der Waals surface area contributed by atoms with Gasteiger partial charge in [0.05, 0.1) is 17.5 Å². The van der Waals surface area contributed by atoms with Gasteiger partial charge in [-0.3, -0.25) is 0 Å². The van der Waals surface area contributed by atoms with Crippen molar-refractivity contribution in [1.82, 2.24) is 5.32 Å². The number of carboxylic acids is 2. The minimum Gasteiger partial charge on any atom is -0.478 e. The van der Waals surface area contributed by atoms with Gasteiger partial charge in [0.2, 0.25) is 0 Å². The number of halogens is 1. The summed E-state index contributed by atoms with van der Waals surface area (Å²) >= 11 is 0. The van der Waals surface area contributed by atoms with Crippen molar-refractivity contribution in [3.63, 3.8) is 0 Å². The maximum Gasteiger partial charge on any atom is 0.328 e. The average molecular weight is 538 g/mol. The fourth-order valence-electron chi connectivity index (χ4n) is 8.08. The Kier molecular flexibility index (Phi) is 8.46. The molecule has 5 aliphatic rings. The molecule has 4 saturated carbocycles. The lowest BCUT2D eigenvalue weighted by Crippen LogP contribution is -2.58. The van der Waals surface area contributed by atoms with Crippen molar-refractivity contribution < 1.29 is 39.3 Å². The Labute approximate surface area is 222 Å². The zero-order valence-electron chi connectivity index (χ0n) is 22.1. The van der Waals surface area contributed by atoms with Crippen LogP contribution >= 0.6 is 0 Å². The minimum atomic E-state index is -1.26. The fraction of sp³-hybridized carbons (Fsp3) is 0.778. The third-order valence-electron chi connectivity index (χ3n) is 10.1. The summed E-state index contributed by atoms with van der Waals surface area (Å²) in [5.74, 6) is -1.32. The Balaban J connectivity index is 0.000000368. The molecule has 0 amide bonds. The number of hydrogen-bond donors (Lipinski definition) is 5. The van der Waals surface area contributed by atoms with Crippen LogP contribution in [0.4, 0.5) is 4.39 Å². The van der Waals surface area contributed by atoms with E-state index < -0.39 is 18.1 Å². The molecule has 1 unspecified atom stereocenters. The standard InChI is InChI=1S/C23H36FN3O3.C4H4O4/c1-22-7-5-16-14(15(22)3-4-21(22)28)9-19(26-29)17-10-20(18(24)11-23(16,17)2)27-30-13-6-8-25-12-13;5-3(6)1-2-4(7)8/h13-18,21,25,28-29H,3-12H2,1-2H3;1-2H,(H,5,6)(H,7,8)/b26-19+,27-20-;2-1+/t13-,14+,15+,16+,17?,18-,21+,22+,23-;/m1./s1. The van der Waals surface area contributed by atoms with Crippen LogP contribution in [-0.4, -0.2) is 75.4 Å². The molecule has 0 aromatic rings. The zero-order valence-corrected chi connectivity index (χ0v) is 22.1. The van der Waals surface area contributed by atoms with Crippen molar-refractivity contribution in [2.45, 2.75) is 83.6 Å². The van der Waals surface area contributed by atoms with Crippen LogP contribution in [0.15, 0.2) is 22.5 Å². The number of aliphatic hydroxyl groups excluding tert-OH is 1. The Morgan fingerprint density at radius 2 is 1.71 bits per heavy atom. The van der Waals surface area contributed by atoms with Crippen molar-refractivity contribution in [3.8, 4) is 0 Å². The lowest BCUT2D eigenvalue weighted by atomic mass is 9.44. The van der Waals surface area contributed by atoms with Crippen LogP contribution in [0.1, 0.15) is 65.2 Å². The summed E-state index contributed by atoms with van der Waals surface area (Å²) in [4.78, 5) is 24.7. The van der Waals surface area contributed by atoms with Crippen LogP contribution < -0.4 is 5.32 Å². The number of oxime groups is 2. The molecular weight excluding hydrogens is 497 g/mol. The molecule has 1 saturated heterocycles. The maximum absolute atomic E-state index is 15.4. The Morgan fingerprint density at radius 1 is 1.03 bits per heavy atom. The monoisotopic (exact) mass is 537 g/mol. The van der Waals surface area contributed by atoms with Gasteiger partial charge in [-0.2, -0.15) is 0 Å². The summed E-state index contributed by atoms with van der Waals surface area (Å²) in [5, 5.41) is 47.4. The van der Waals surface area contributed by atoms with Gasteiger partial charge in [0.1, 0.15) is 12.3 Å². The van der Waals surface area contributed by atoms with E-state index in [1.54, 1.807) is 0 Å². The van der Waals surface area contributed by atoms with Crippen LogP contribution in [0.5, 0.6) is 0 Å². The van der Waals surface area contributed by atoms with E-state index in [9.17, 15) is 19.9 Å². The van der Waals surface area contributed by atoms with E-state index in [4.69, 9.17) is 15.1 Å². The van der Waals surface area contributed by atoms with Crippen LogP contribution in [-0.2, 0) is 14.4 Å². The maximum atomic E-state index is 15.4. The van der Waals surface area contributed by atoms with Crippen LogP contribution in [0.25, 0.3) is 0 Å². The summed E-state index contributed by atoms with van der Waals surface area (Å²) < 4.78 is 15.4. The molecule has 1 heterocycles. The topological polar surface area (TPSA) is 161 Å². The number of aliphatic hydroxyl groups is 1. The van der Waals surface area contributed by atoms with E-state index in [0.717, 1.165) is 57.3 Å². The highest BCUT2D eigenvalue weighted by molar-refractivity contribution is 5.97. The molecule has 0 bridgehead atoms. The molecule has 1 aliphatic heterocycles. The van der Waals surface area contributed by atoms with Crippen molar-refractivity contribution >= 4 is 23.4 Å². The molecule has 5 rings (SSSR count). The van der Waals surface area contributed by atoms with Gasteiger partial charge in [-0.1, -0.05) is 24.2 Å². The van der Waals surface area contributed by atoms with Crippen LogP contribution in [0, 0.1) is 34.5 Å². The Morgan fingerprint density at radius 3 is 2.32 bits per heavy atom. The van der Waals surface area contributed by atoms with Gasteiger partial charge in [-0.15, -0.1) is 0 Å². The second-order valence-electron chi connectivity index (χ2n) is 12.1. The highest BCUT2D eigenvalue weighted by Crippen LogP contribution is 2.65. The van der Waals surface area contributed by atoms with Gasteiger partial charge >= 0.3 is 11.9 Å². The van der Waals surface area contributed by atoms with E-state index in [2.05, 4.69) is 29.5 Å². The second kappa shape index (κ2) is 11.3. The molecular formula is C27H40FN3O7. The predicted molar refractivity (Wildman–Crippen MR) is 137 cm³/mol. The van der Waals surface area contributed by atoms with Gasteiger partial charge in [0, 0.05) is 37.5 Å². The number of nitrogens with one attached hydrogen (secondary N) is 1. The summed E-state index contributed by atoms with van der Waals surface area (Å²) in [6.45, 7) is 6.11. The van der Waals surface area contributed by atoms with E-state index in [-0.39, 0.29) is 29.0 Å². The lowest BCUT2D eigenvalue weighted by Gasteiger charge is -2.60. The molecule has 0 aromatic heterocycles. The first kappa shape index (κ1) is 28.5. The summed E-state index contributed by atoms with van der Waals surface area (Å²) in [6, 6.07) is 0. The summed E-state index contributed by atoms with van der Waals surface area (Å²) in [5.41, 5.74) is 0.976. The minimum absolute atomic E-state index is 0.00971. The lowest BCUT2D eigenvalue weighted by molar-refractivity contribution is -0.134. The molecule has 0 aromatic carbocycles. The van der Waals surface area contributed by atoms with Gasteiger partial charge < -0.3 is 30.7 Å². The molecule has 212 valence electrons. The predicted octanol–water partition coefficient (Wildman–Crippen LogP) is 3.22. The number of hydrogen-bond acceptors (Lipinski definition) is 8. The molecule has 0 radical (unpaired) electrons. The molecule has 10 nitrogen and oxygen atoms in total. The number of rotatable bonds is 4. The highest BCUT2D eigenvalue weighted by Gasteiger charge is 2.62. The highest BCUT2D eigenvalue weighted by atomic mass is 19.1. The Hall–Kier alpha value is -2.53. The second-order valence-corrected chi connectivity index (χ2v) is 12.1. The average Bonchev–Trinajstić information content (AvgIpc) is 3.49. The molecule has 9 atom stereocenters. The van der Waals surface area contributed by atoms with E-state index in [0.29, 0.717) is 48.5 Å². The van der Waals surface area contributed by atoms with Gasteiger partial charge in [0.15, 0.2) is 0 Å². The summed E-state index contributed by atoms with van der Waals surface area (Å²) in [7, 11) is 0. The third-order valence-corrected chi connectivity index (χ3v) is 10.1. The first-order chi connectivity index (χ1) is 18.0. The van der Waals surface area contributed by atoms with Crippen molar-refractivity contribution in [3.05, 3.63) is 12.2 Å². The molecule has 0 spiro atoms. The smallest absolute Gasteiger partial charge is 0.328 e. The fourth-order valence-corrected chi connectivity index (χ4v) is 8.08. The largest absolute Gasteiger partial charge is 0.478 e. The van der Waals surface area contributed by atoms with E-state index in [1.165, 1.54) is 0 Å². The molecule has 5 fully saturated rings. The van der Waals surface area contributed by atoms with Gasteiger partial charge in [-0.05, 0) is 73.7 Å². The van der Waals surface area contributed by atoms with Gasteiger partial charge in [0.25, 0.3) is 0 Å². The van der Waals surface area contributed by atoms with Crippen LogP contribution in [0.3, 0.4) is 0 Å². The third kappa shape index (κ3) is 5.45. The quantitative estimate of drug-likeness (QED) is 0.207. The molecule has 38 heavy (non-hydrogen) atoms. The van der Waals surface area contributed by atoms with E-state index >= 15 is 4.39 Å². The van der Waals surface area contributed by atoms with E-state index in [1.807, 2.05) is 0 Å². The number of fused-ring (bicyclic) bond motifs is 5. The van der Waals surface area contributed by atoms with Crippen LogP contribution in [0.2, 0.25) is 0 Å². The molecule has 5 N–H and O–H groups in total. The van der Waals surface area contributed by atoms with Crippen molar-refractivity contribution in [2.24, 2.45) is 44.8 Å². The SMILES string of the molecule is C[C@]12CC[C@H]3[C@@H](C/C(=N\O)C4C/C(=N/O[C@@H]5CCNC5)[C@H](F)C[C@@]43C)[C@@H]1CC[C@@H]2O.O=C(O)/C=C/C(=O)O. The normalized spacial score (nSPS) is 44.2. The molecule has 11 heteroatoms. The number of aliphatic carboxylic acids is 2. The number of nitrogens with zero attached hydrogens (tertiary/aromatic N) is 2. The number of carboxylic acid groups (broad SMARTS) is 2. The number of carbonyl (C=O) groups is 2. The van der Waals surface area contributed by atoms with Gasteiger partial charge in [-0.25, -0.2) is 14.0 Å². The van der Waals surface area contributed by atoms with Crippen molar-refractivity contribution in [1.29, 1.82) is 0 Å². The van der Waals surface area contributed by atoms with Crippen molar-refractivity contribution in [2.75, 3.05) is 13.1 Å². The number of alkyl halides is 1. The first-order valence-electron chi connectivity index (χ1n) is 13.6. The Bertz CT molecular complexity index is 981. The first-order valence-corrected chi connectivity index (χ1v) is 13.6. The summed E-state index contributed by atoms with van der Waals surface area (Å²) in [6.07, 6.45) is 6.22. The molecule has 4 aliphatic carbocycles.